The standard InChI is InChI=1S/C15H22NO/c1-5-14(6-2)17-15-11-9-10-13(12-15)16(7-3)8-4/h5,9-10,12H,6-8H2,1-4H3. The van der Waals surface area contributed by atoms with E-state index in [1.165, 1.54) is 5.69 Å². The highest BCUT2D eigenvalue weighted by Gasteiger charge is 2.04. The smallest absolute Gasteiger partial charge is 0.136 e. The maximum Gasteiger partial charge on any atom is 0.136 e. The number of hydrogen-bond donors (Lipinski definition) is 0. The zero-order chi connectivity index (χ0) is 12.7. The highest BCUT2D eigenvalue weighted by Crippen LogP contribution is 2.22. The van der Waals surface area contributed by atoms with E-state index in [-0.39, 0.29) is 0 Å². The first kappa shape index (κ1) is 13.6. The van der Waals surface area contributed by atoms with Crippen molar-refractivity contribution in [1.29, 1.82) is 0 Å². The molecule has 0 aliphatic heterocycles. The van der Waals surface area contributed by atoms with Gasteiger partial charge in [-0.25, -0.2) is 0 Å². The molecule has 93 valence electrons. The van der Waals surface area contributed by atoms with Crippen LogP contribution in [0.3, 0.4) is 0 Å². The van der Waals surface area contributed by atoms with Gasteiger partial charge in [0.1, 0.15) is 5.75 Å². The second-order valence-corrected chi connectivity index (χ2v) is 3.79. The summed E-state index contributed by atoms with van der Waals surface area (Å²) in [5.41, 5.74) is 1.19. The molecule has 0 fully saturated rings. The fourth-order valence-electron chi connectivity index (χ4n) is 1.75. The van der Waals surface area contributed by atoms with Gasteiger partial charge >= 0.3 is 0 Å². The summed E-state index contributed by atoms with van der Waals surface area (Å²) in [5.74, 6) is 1.78. The second kappa shape index (κ2) is 7.00. The van der Waals surface area contributed by atoms with Gasteiger partial charge in [0.25, 0.3) is 0 Å². The molecule has 17 heavy (non-hydrogen) atoms. The molecular weight excluding hydrogens is 210 g/mol. The first-order valence-electron chi connectivity index (χ1n) is 6.34. The van der Waals surface area contributed by atoms with Crippen LogP contribution in [0.5, 0.6) is 5.75 Å². The number of ether oxygens (including phenoxy) is 1. The van der Waals surface area contributed by atoms with Crippen LogP contribution in [-0.2, 0) is 0 Å². The van der Waals surface area contributed by atoms with Crippen molar-refractivity contribution in [3.05, 3.63) is 36.1 Å². The third-order valence-electron chi connectivity index (χ3n) is 2.80. The largest absolute Gasteiger partial charge is 0.461 e. The van der Waals surface area contributed by atoms with E-state index in [2.05, 4.69) is 37.8 Å². The van der Waals surface area contributed by atoms with Gasteiger partial charge in [0, 0.05) is 37.3 Å². The minimum atomic E-state index is 0.796. The molecule has 2 nitrogen and oxygen atoms in total. The SMILES string of the molecule is CC=C(CC)Oc1[c]ccc(N(CC)CC)c1. The summed E-state index contributed by atoms with van der Waals surface area (Å²) in [6.07, 6.45) is 2.90. The average molecular weight is 232 g/mol. The molecule has 1 radical (unpaired) electrons. The van der Waals surface area contributed by atoms with Gasteiger partial charge in [-0.15, -0.1) is 0 Å². The Balaban J connectivity index is 2.85. The molecule has 1 aromatic carbocycles. The van der Waals surface area contributed by atoms with Crippen LogP contribution in [0.2, 0.25) is 0 Å². The lowest BCUT2D eigenvalue weighted by atomic mass is 10.2. The minimum Gasteiger partial charge on any atom is -0.461 e. The van der Waals surface area contributed by atoms with E-state index in [1.807, 2.05) is 25.1 Å². The Hall–Kier alpha value is -1.44. The minimum absolute atomic E-state index is 0.796. The van der Waals surface area contributed by atoms with E-state index in [4.69, 9.17) is 4.74 Å². The van der Waals surface area contributed by atoms with Crippen molar-refractivity contribution in [3.8, 4) is 5.75 Å². The van der Waals surface area contributed by atoms with Crippen LogP contribution in [0, 0.1) is 6.07 Å². The summed E-state index contributed by atoms with van der Waals surface area (Å²) >= 11 is 0. The van der Waals surface area contributed by atoms with Gasteiger partial charge in [0.05, 0.1) is 5.76 Å². The average Bonchev–Trinajstić information content (AvgIpc) is 2.38. The molecule has 0 atom stereocenters. The van der Waals surface area contributed by atoms with Gasteiger partial charge in [-0.3, -0.25) is 0 Å². The quantitative estimate of drug-likeness (QED) is 0.687. The van der Waals surface area contributed by atoms with E-state index in [0.717, 1.165) is 31.0 Å². The maximum atomic E-state index is 5.77. The first-order chi connectivity index (χ1) is 8.24. The highest BCUT2D eigenvalue weighted by molar-refractivity contribution is 5.50. The monoisotopic (exact) mass is 232 g/mol. The van der Waals surface area contributed by atoms with Gasteiger partial charge in [-0.2, -0.15) is 0 Å². The van der Waals surface area contributed by atoms with Gasteiger partial charge < -0.3 is 9.64 Å². The molecule has 0 heterocycles. The molecule has 0 saturated carbocycles. The molecular formula is C15H22NO. The normalized spacial score (nSPS) is 11.4. The molecule has 0 unspecified atom stereocenters. The molecule has 0 aliphatic carbocycles. The van der Waals surface area contributed by atoms with Crippen LogP contribution < -0.4 is 9.64 Å². The maximum absolute atomic E-state index is 5.77. The summed E-state index contributed by atoms with van der Waals surface area (Å²) in [4.78, 5) is 2.29. The zero-order valence-electron chi connectivity index (χ0n) is 11.3. The van der Waals surface area contributed by atoms with E-state index in [1.54, 1.807) is 0 Å². The van der Waals surface area contributed by atoms with Crippen molar-refractivity contribution < 1.29 is 4.74 Å². The van der Waals surface area contributed by atoms with Gasteiger partial charge in [0.15, 0.2) is 0 Å². The van der Waals surface area contributed by atoms with Crippen LogP contribution >= 0.6 is 0 Å². The van der Waals surface area contributed by atoms with Crippen LogP contribution in [0.25, 0.3) is 0 Å². The number of nitrogens with zero attached hydrogens (tertiary/aromatic N) is 1. The lowest BCUT2D eigenvalue weighted by molar-refractivity contribution is 0.407. The predicted molar refractivity (Wildman–Crippen MR) is 73.5 cm³/mol. The lowest BCUT2D eigenvalue weighted by Crippen LogP contribution is -2.21. The van der Waals surface area contributed by atoms with E-state index >= 15 is 0 Å². The van der Waals surface area contributed by atoms with E-state index in [0.29, 0.717) is 0 Å². The number of hydrogen-bond acceptors (Lipinski definition) is 2. The Morgan fingerprint density at radius 2 is 2.06 bits per heavy atom. The van der Waals surface area contributed by atoms with Gasteiger partial charge in [-0.1, -0.05) is 6.92 Å². The van der Waals surface area contributed by atoms with Crippen molar-refractivity contribution in [2.75, 3.05) is 18.0 Å². The van der Waals surface area contributed by atoms with E-state index < -0.39 is 0 Å². The van der Waals surface area contributed by atoms with Crippen molar-refractivity contribution in [3.63, 3.8) is 0 Å². The number of allylic oxidation sites excluding steroid dienone is 2. The topological polar surface area (TPSA) is 12.5 Å². The summed E-state index contributed by atoms with van der Waals surface area (Å²) < 4.78 is 5.77. The zero-order valence-corrected chi connectivity index (χ0v) is 11.3. The summed E-state index contributed by atoms with van der Waals surface area (Å²) in [6, 6.07) is 9.16. The Morgan fingerprint density at radius 3 is 2.59 bits per heavy atom. The molecule has 0 aromatic heterocycles. The molecule has 0 aliphatic rings. The Morgan fingerprint density at radius 1 is 1.35 bits per heavy atom. The molecule has 0 bridgehead atoms. The van der Waals surface area contributed by atoms with Crippen LogP contribution in [0.4, 0.5) is 5.69 Å². The predicted octanol–water partition coefficient (Wildman–Crippen LogP) is 4.03. The van der Waals surface area contributed by atoms with Crippen LogP contribution in [0.15, 0.2) is 30.0 Å². The Labute approximate surface area is 105 Å². The number of benzene rings is 1. The fourth-order valence-corrected chi connectivity index (χ4v) is 1.75. The molecule has 1 aromatic rings. The van der Waals surface area contributed by atoms with Crippen molar-refractivity contribution in [2.24, 2.45) is 0 Å². The van der Waals surface area contributed by atoms with Crippen molar-refractivity contribution in [2.45, 2.75) is 34.1 Å². The molecule has 2 heteroatoms. The first-order valence-corrected chi connectivity index (χ1v) is 6.34. The highest BCUT2D eigenvalue weighted by atomic mass is 16.5. The Kier molecular flexibility index (Phi) is 5.61. The molecule has 0 spiro atoms. The van der Waals surface area contributed by atoms with Crippen LogP contribution in [-0.4, -0.2) is 13.1 Å². The Bertz CT molecular complexity index is 367. The summed E-state index contributed by atoms with van der Waals surface area (Å²) in [5, 5.41) is 0. The number of rotatable bonds is 6. The van der Waals surface area contributed by atoms with Crippen molar-refractivity contribution in [1.82, 2.24) is 0 Å². The molecule has 0 N–H and O–H groups in total. The van der Waals surface area contributed by atoms with Gasteiger partial charge in [-0.05, 0) is 39.0 Å². The third kappa shape index (κ3) is 3.81. The number of anilines is 1. The fraction of sp³-hybridized carbons (Fsp3) is 0.467. The molecule has 0 amide bonds. The molecule has 0 saturated heterocycles. The summed E-state index contributed by atoms with van der Waals surface area (Å²) in [6.45, 7) is 10.4. The van der Waals surface area contributed by atoms with Crippen molar-refractivity contribution >= 4 is 5.69 Å². The molecule has 1 rings (SSSR count). The van der Waals surface area contributed by atoms with E-state index in [9.17, 15) is 0 Å². The lowest BCUT2D eigenvalue weighted by Gasteiger charge is -2.21. The van der Waals surface area contributed by atoms with Crippen LogP contribution in [0.1, 0.15) is 34.1 Å². The second-order valence-electron chi connectivity index (χ2n) is 3.79. The summed E-state index contributed by atoms with van der Waals surface area (Å²) in [7, 11) is 0. The van der Waals surface area contributed by atoms with Gasteiger partial charge in [0.2, 0.25) is 0 Å². The third-order valence-corrected chi connectivity index (χ3v) is 2.80.